The third kappa shape index (κ3) is 6.21. The molecule has 14 heteroatoms. The highest BCUT2D eigenvalue weighted by Gasteiger charge is 2.39. The number of likely N-dealkylation sites (N-methyl/N-ethyl adjacent to an activating group) is 1. The molecule has 2 N–H and O–H groups in total. The largest absolute Gasteiger partial charge is 0.472 e. The number of alkyl halides is 3. The van der Waals surface area contributed by atoms with Gasteiger partial charge in [0.2, 0.25) is 0 Å². The Bertz CT molecular complexity index is 1110. The number of nitrogens with zero attached hydrogens (tertiary/aromatic N) is 4. The summed E-state index contributed by atoms with van der Waals surface area (Å²) in [7, 11) is -1.98. The number of carbonyl (C=O) groups excluding carboxylic acids is 2. The second-order valence-corrected chi connectivity index (χ2v) is 9.35. The van der Waals surface area contributed by atoms with Crippen LogP contribution in [0, 0.1) is 0 Å². The van der Waals surface area contributed by atoms with Crippen molar-refractivity contribution >= 4 is 27.7 Å². The van der Waals surface area contributed by atoms with Crippen LogP contribution in [0.1, 0.15) is 16.1 Å². The Hall–Kier alpha value is -3.23. The fourth-order valence-electron chi connectivity index (χ4n) is 3.11. The molecule has 2 amide bonds. The highest BCUT2D eigenvalue weighted by Crippen LogP contribution is 2.23. The number of para-hydroxylation sites is 1. The van der Waals surface area contributed by atoms with E-state index in [9.17, 15) is 31.2 Å². The summed E-state index contributed by atoms with van der Waals surface area (Å²) in [5.74, 6) is -3.33. The normalized spacial score (nSPS) is 15.5. The molecule has 1 aromatic heterocycles. The molecule has 34 heavy (non-hydrogen) atoms. The molecule has 0 atom stereocenters. The Morgan fingerprint density at radius 1 is 1.03 bits per heavy atom. The van der Waals surface area contributed by atoms with Gasteiger partial charge in [0.1, 0.15) is 0 Å². The van der Waals surface area contributed by atoms with E-state index < -0.39 is 28.2 Å². The van der Waals surface area contributed by atoms with E-state index in [1.54, 1.807) is 35.8 Å². The van der Waals surface area contributed by atoms with E-state index in [0.717, 1.165) is 6.20 Å². The Balaban J connectivity index is 1.76. The molecule has 0 saturated carbocycles. The zero-order valence-electron chi connectivity index (χ0n) is 18.1. The number of aromatic nitrogens is 1. The second-order valence-electron chi connectivity index (χ2n) is 7.50. The minimum Gasteiger partial charge on any atom is -0.304 e. The molecule has 0 bridgehead atoms. The van der Waals surface area contributed by atoms with Crippen molar-refractivity contribution in [3.8, 4) is 0 Å². The van der Waals surface area contributed by atoms with Gasteiger partial charge in [-0.05, 0) is 31.3 Å². The van der Waals surface area contributed by atoms with Crippen LogP contribution in [0.3, 0.4) is 0 Å². The highest BCUT2D eigenvalue weighted by molar-refractivity contribution is 7.90. The number of anilines is 1. The van der Waals surface area contributed by atoms with Crippen LogP contribution >= 0.6 is 0 Å². The summed E-state index contributed by atoms with van der Waals surface area (Å²) in [6, 6.07) is 11.1. The Morgan fingerprint density at radius 3 is 2.24 bits per heavy atom. The van der Waals surface area contributed by atoms with Gasteiger partial charge in [0.15, 0.2) is 0 Å². The number of piperazine rings is 1. The Labute approximate surface area is 194 Å². The zero-order chi connectivity index (χ0) is 24.9. The molecule has 2 aromatic rings. The summed E-state index contributed by atoms with van der Waals surface area (Å²) in [4.78, 5) is 28.9. The summed E-state index contributed by atoms with van der Waals surface area (Å²) in [5, 5.41) is 0. The van der Waals surface area contributed by atoms with Gasteiger partial charge >= 0.3 is 22.3 Å². The van der Waals surface area contributed by atoms with Crippen LogP contribution < -0.4 is 15.2 Å². The smallest absolute Gasteiger partial charge is 0.304 e. The van der Waals surface area contributed by atoms with Gasteiger partial charge in [-0.1, -0.05) is 18.2 Å². The van der Waals surface area contributed by atoms with Crippen LogP contribution in [0.4, 0.5) is 18.9 Å². The molecule has 1 saturated heterocycles. The maximum atomic E-state index is 13.4. The van der Waals surface area contributed by atoms with Gasteiger partial charge in [-0.15, -0.1) is 0 Å². The number of halogens is 3. The van der Waals surface area contributed by atoms with Crippen molar-refractivity contribution in [1.82, 2.24) is 25.0 Å². The van der Waals surface area contributed by atoms with Gasteiger partial charge < -0.3 is 4.90 Å². The van der Waals surface area contributed by atoms with Crippen LogP contribution in [0.5, 0.6) is 0 Å². The lowest BCUT2D eigenvalue weighted by molar-refractivity contribution is -0.174. The molecule has 0 radical (unpaired) electrons. The van der Waals surface area contributed by atoms with E-state index >= 15 is 0 Å². The molecular weight excluding hydrogens is 477 g/mol. The maximum Gasteiger partial charge on any atom is 0.472 e. The summed E-state index contributed by atoms with van der Waals surface area (Å²) in [5.41, 5.74) is 3.52. The van der Waals surface area contributed by atoms with Gasteiger partial charge in [-0.2, -0.15) is 25.9 Å². The first-order valence-electron chi connectivity index (χ1n) is 10.1. The van der Waals surface area contributed by atoms with Crippen molar-refractivity contribution in [3.05, 3.63) is 59.9 Å². The molecule has 10 nitrogen and oxygen atoms in total. The molecule has 0 aliphatic carbocycles. The minimum absolute atomic E-state index is 0.126. The van der Waals surface area contributed by atoms with Crippen molar-refractivity contribution in [1.29, 1.82) is 0 Å². The van der Waals surface area contributed by atoms with E-state index in [1.165, 1.54) is 26.2 Å². The van der Waals surface area contributed by atoms with Gasteiger partial charge in [-0.25, -0.2) is 0 Å². The average Bonchev–Trinajstić information content (AvgIpc) is 2.81. The number of hydrazine groups is 1. The fraction of sp³-hybridized carbons (Fsp3) is 0.350. The van der Waals surface area contributed by atoms with Gasteiger partial charge in [0.05, 0.1) is 23.5 Å². The lowest BCUT2D eigenvalue weighted by Crippen LogP contribution is -2.52. The van der Waals surface area contributed by atoms with E-state index in [0.29, 0.717) is 37.6 Å². The third-order valence-corrected chi connectivity index (χ3v) is 6.97. The fourth-order valence-corrected chi connectivity index (χ4v) is 4.70. The number of benzene rings is 1. The van der Waals surface area contributed by atoms with Crippen molar-refractivity contribution < 1.29 is 31.2 Å². The van der Waals surface area contributed by atoms with Crippen molar-refractivity contribution in [2.45, 2.75) is 12.7 Å². The van der Waals surface area contributed by atoms with Crippen LogP contribution in [-0.2, 0) is 21.5 Å². The molecule has 2 heterocycles. The number of carbonyl (C=O) groups is 2. The van der Waals surface area contributed by atoms with E-state index in [4.69, 9.17) is 0 Å². The Morgan fingerprint density at radius 2 is 1.68 bits per heavy atom. The third-order valence-electron chi connectivity index (χ3n) is 5.05. The molecule has 184 valence electrons. The summed E-state index contributed by atoms with van der Waals surface area (Å²) in [6.07, 6.45) is -4.07. The first-order chi connectivity index (χ1) is 16.0. The number of pyridine rings is 1. The van der Waals surface area contributed by atoms with E-state index in [2.05, 4.69) is 4.98 Å². The number of hydrogen-bond acceptors (Lipinski definition) is 6. The molecule has 0 spiro atoms. The predicted molar refractivity (Wildman–Crippen MR) is 117 cm³/mol. The SMILES string of the molecule is CN1CCN(S(=O)(=O)N(Cc2ccc(C(=O)NNC(=O)C(F)(F)F)cn2)c2ccccc2)CC1. The lowest BCUT2D eigenvalue weighted by atomic mass is 10.2. The predicted octanol–water partition coefficient (Wildman–Crippen LogP) is 0.904. The quantitative estimate of drug-likeness (QED) is 0.570. The summed E-state index contributed by atoms with van der Waals surface area (Å²) in [6.45, 7) is 1.71. The summed E-state index contributed by atoms with van der Waals surface area (Å²) >= 11 is 0. The standard InChI is InChI=1S/C20H23F3N6O4S/c1-27-9-11-28(12-10-27)34(32,33)29(17-5-3-2-4-6-17)14-16-8-7-15(13-24-16)18(30)25-26-19(31)20(21,22)23/h2-8,13H,9-12,14H2,1H3,(H,25,30)(H,26,31). The van der Waals surface area contributed by atoms with Gasteiger partial charge in [0.25, 0.3) is 5.91 Å². The Kier molecular flexibility index (Phi) is 7.74. The van der Waals surface area contributed by atoms with Crippen LogP contribution in [0.2, 0.25) is 0 Å². The molecule has 3 rings (SSSR count). The molecular formula is C20H23F3N6O4S. The number of amides is 2. The number of hydrogen-bond donors (Lipinski definition) is 2. The van der Waals surface area contributed by atoms with E-state index in [1.807, 2.05) is 11.9 Å². The topological polar surface area (TPSA) is 115 Å². The summed E-state index contributed by atoms with van der Waals surface area (Å²) < 4.78 is 66.1. The average molecular weight is 501 g/mol. The minimum atomic E-state index is -5.15. The van der Waals surface area contributed by atoms with Gasteiger partial charge in [-0.3, -0.25) is 29.7 Å². The first kappa shape index (κ1) is 25.4. The molecule has 1 fully saturated rings. The monoisotopic (exact) mass is 500 g/mol. The second kappa shape index (κ2) is 10.4. The number of rotatable bonds is 6. The van der Waals surface area contributed by atoms with Crippen molar-refractivity contribution in [3.63, 3.8) is 0 Å². The van der Waals surface area contributed by atoms with Crippen LogP contribution in [0.25, 0.3) is 0 Å². The van der Waals surface area contributed by atoms with Crippen LogP contribution in [-0.4, -0.2) is 73.8 Å². The molecule has 1 aromatic carbocycles. The molecule has 1 aliphatic rings. The zero-order valence-corrected chi connectivity index (χ0v) is 18.9. The molecule has 1 aliphatic heterocycles. The van der Waals surface area contributed by atoms with Crippen LogP contribution in [0.15, 0.2) is 48.7 Å². The lowest BCUT2D eigenvalue weighted by Gasteiger charge is -2.36. The van der Waals surface area contributed by atoms with E-state index in [-0.39, 0.29) is 12.1 Å². The highest BCUT2D eigenvalue weighted by atomic mass is 32.2. The van der Waals surface area contributed by atoms with Gasteiger partial charge in [0, 0.05) is 32.4 Å². The molecule has 0 unspecified atom stereocenters. The number of nitrogens with one attached hydrogen (secondary N) is 2. The van der Waals surface area contributed by atoms with Crippen molar-refractivity contribution in [2.75, 3.05) is 37.5 Å². The maximum absolute atomic E-state index is 13.4. The van der Waals surface area contributed by atoms with Crippen molar-refractivity contribution in [2.24, 2.45) is 0 Å². The first-order valence-corrected chi connectivity index (χ1v) is 11.5.